The van der Waals surface area contributed by atoms with Crippen molar-refractivity contribution in [3.63, 3.8) is 0 Å². The summed E-state index contributed by atoms with van der Waals surface area (Å²) in [7, 11) is 0. The van der Waals surface area contributed by atoms with Crippen LogP contribution in [0.1, 0.15) is 26.7 Å². The van der Waals surface area contributed by atoms with Crippen LogP contribution >= 0.6 is 11.6 Å². The van der Waals surface area contributed by atoms with E-state index in [1.165, 1.54) is 6.42 Å². The monoisotopic (exact) mass is 189 g/mol. The zero-order valence-electron chi connectivity index (χ0n) is 7.72. The van der Waals surface area contributed by atoms with Gasteiger partial charge in [-0.05, 0) is 19.3 Å². The first kappa shape index (κ1) is 9.85. The first-order valence-electron chi connectivity index (χ1n) is 4.58. The number of halogens is 1. The van der Waals surface area contributed by atoms with Crippen molar-refractivity contribution in [2.24, 2.45) is 5.92 Å². The number of carbonyl (C=O) groups excluding carboxylic acids is 1. The van der Waals surface area contributed by atoms with E-state index in [4.69, 9.17) is 11.6 Å². The fraction of sp³-hybridized carbons (Fsp3) is 0.889. The van der Waals surface area contributed by atoms with E-state index < -0.39 is 0 Å². The largest absolute Gasteiger partial charge is 0.341 e. The van der Waals surface area contributed by atoms with Gasteiger partial charge in [-0.2, -0.15) is 0 Å². The predicted octanol–water partition coefficient (Wildman–Crippen LogP) is 1.87. The molecule has 2 unspecified atom stereocenters. The molecule has 0 aliphatic carbocycles. The Labute approximate surface area is 78.9 Å². The average Bonchev–Trinajstić information content (AvgIpc) is 2.50. The number of amides is 1. The Hall–Kier alpha value is -0.240. The molecule has 0 bridgehead atoms. The van der Waals surface area contributed by atoms with Crippen LogP contribution in [0.5, 0.6) is 0 Å². The highest BCUT2D eigenvalue weighted by atomic mass is 35.5. The van der Waals surface area contributed by atoms with Gasteiger partial charge >= 0.3 is 0 Å². The zero-order valence-corrected chi connectivity index (χ0v) is 8.47. The molecule has 1 rings (SSSR count). The van der Waals surface area contributed by atoms with Crippen LogP contribution in [0.4, 0.5) is 0 Å². The lowest BCUT2D eigenvalue weighted by molar-refractivity contribution is -0.129. The fourth-order valence-electron chi connectivity index (χ4n) is 1.62. The van der Waals surface area contributed by atoms with Gasteiger partial charge < -0.3 is 4.90 Å². The molecule has 1 fully saturated rings. The first-order valence-corrected chi connectivity index (χ1v) is 5.01. The van der Waals surface area contributed by atoms with Crippen molar-refractivity contribution >= 4 is 17.5 Å². The van der Waals surface area contributed by atoms with E-state index in [0.717, 1.165) is 19.5 Å². The van der Waals surface area contributed by atoms with Crippen LogP contribution in [0, 0.1) is 5.92 Å². The van der Waals surface area contributed by atoms with Gasteiger partial charge in [0.15, 0.2) is 0 Å². The molecule has 0 saturated carbocycles. The molecule has 1 saturated heterocycles. The normalized spacial score (nSPS) is 25.9. The summed E-state index contributed by atoms with van der Waals surface area (Å²) in [5.41, 5.74) is 0. The van der Waals surface area contributed by atoms with Gasteiger partial charge in [0.05, 0.1) is 0 Å². The lowest BCUT2D eigenvalue weighted by Gasteiger charge is -2.17. The minimum Gasteiger partial charge on any atom is -0.341 e. The summed E-state index contributed by atoms with van der Waals surface area (Å²) in [5, 5.41) is -0.361. The van der Waals surface area contributed by atoms with Gasteiger partial charge in [0, 0.05) is 13.1 Å². The molecule has 1 aliphatic heterocycles. The van der Waals surface area contributed by atoms with Gasteiger partial charge in [-0.15, -0.1) is 11.6 Å². The molecule has 2 nitrogen and oxygen atoms in total. The van der Waals surface area contributed by atoms with Crippen LogP contribution in [0.25, 0.3) is 0 Å². The Kier molecular flexibility index (Phi) is 3.39. The third-order valence-electron chi connectivity index (χ3n) is 2.52. The van der Waals surface area contributed by atoms with Gasteiger partial charge in [0.2, 0.25) is 5.91 Å². The van der Waals surface area contributed by atoms with Crippen LogP contribution in [-0.4, -0.2) is 29.3 Å². The standard InChI is InChI=1S/C9H16ClNO/c1-3-8-4-5-11(6-8)9(12)7(2)10/h7-8H,3-6H2,1-2H3. The predicted molar refractivity (Wildman–Crippen MR) is 50.3 cm³/mol. The minimum absolute atomic E-state index is 0.0904. The van der Waals surface area contributed by atoms with E-state index in [2.05, 4.69) is 6.92 Å². The van der Waals surface area contributed by atoms with Crippen LogP contribution in [0.15, 0.2) is 0 Å². The number of hydrogen-bond donors (Lipinski definition) is 0. The maximum atomic E-state index is 11.4. The lowest BCUT2D eigenvalue weighted by atomic mass is 10.1. The second kappa shape index (κ2) is 4.13. The van der Waals surface area contributed by atoms with Gasteiger partial charge in [0.25, 0.3) is 0 Å². The van der Waals surface area contributed by atoms with Crippen molar-refractivity contribution in [3.05, 3.63) is 0 Å². The van der Waals surface area contributed by atoms with Crippen molar-refractivity contribution in [3.8, 4) is 0 Å². The molecular weight excluding hydrogens is 174 g/mol. The highest BCUT2D eigenvalue weighted by molar-refractivity contribution is 6.30. The molecule has 0 aromatic rings. The maximum absolute atomic E-state index is 11.4. The Morgan fingerprint density at radius 3 is 2.83 bits per heavy atom. The number of nitrogens with zero attached hydrogens (tertiary/aromatic N) is 1. The summed E-state index contributed by atoms with van der Waals surface area (Å²) in [4.78, 5) is 13.3. The topological polar surface area (TPSA) is 20.3 Å². The zero-order chi connectivity index (χ0) is 9.14. The summed E-state index contributed by atoms with van der Waals surface area (Å²) < 4.78 is 0. The minimum atomic E-state index is -0.361. The molecule has 1 heterocycles. The van der Waals surface area contributed by atoms with Gasteiger partial charge in [-0.25, -0.2) is 0 Å². The number of likely N-dealkylation sites (tertiary alicyclic amines) is 1. The summed E-state index contributed by atoms with van der Waals surface area (Å²) in [6.07, 6.45) is 2.31. The second-order valence-electron chi connectivity index (χ2n) is 3.46. The van der Waals surface area contributed by atoms with Gasteiger partial charge in [0.1, 0.15) is 5.38 Å². The van der Waals surface area contributed by atoms with Crippen molar-refractivity contribution < 1.29 is 4.79 Å². The van der Waals surface area contributed by atoms with Crippen LogP contribution in [0.3, 0.4) is 0 Å². The van der Waals surface area contributed by atoms with Crippen molar-refractivity contribution in [1.82, 2.24) is 4.90 Å². The number of rotatable bonds is 2. The van der Waals surface area contributed by atoms with E-state index >= 15 is 0 Å². The summed E-state index contributed by atoms with van der Waals surface area (Å²) in [6.45, 7) is 5.72. The van der Waals surface area contributed by atoms with Gasteiger partial charge in [-0.1, -0.05) is 13.3 Å². The summed E-state index contributed by atoms with van der Waals surface area (Å²) in [6, 6.07) is 0. The highest BCUT2D eigenvalue weighted by Crippen LogP contribution is 2.20. The van der Waals surface area contributed by atoms with Crippen LogP contribution in [0.2, 0.25) is 0 Å². The van der Waals surface area contributed by atoms with E-state index in [9.17, 15) is 4.79 Å². The molecule has 0 N–H and O–H groups in total. The maximum Gasteiger partial charge on any atom is 0.240 e. The molecule has 12 heavy (non-hydrogen) atoms. The third kappa shape index (κ3) is 2.13. The number of alkyl halides is 1. The Morgan fingerprint density at radius 1 is 1.75 bits per heavy atom. The molecule has 0 spiro atoms. The number of hydrogen-bond acceptors (Lipinski definition) is 1. The lowest BCUT2D eigenvalue weighted by Crippen LogP contribution is -2.33. The van der Waals surface area contributed by atoms with E-state index in [1.807, 2.05) is 4.90 Å². The summed E-state index contributed by atoms with van der Waals surface area (Å²) >= 11 is 5.71. The first-order chi connectivity index (χ1) is 5.65. The molecule has 0 aromatic carbocycles. The molecule has 0 radical (unpaired) electrons. The SMILES string of the molecule is CCC1CCN(C(=O)C(C)Cl)C1. The van der Waals surface area contributed by atoms with Crippen molar-refractivity contribution in [2.45, 2.75) is 32.1 Å². The van der Waals surface area contributed by atoms with Crippen molar-refractivity contribution in [1.29, 1.82) is 0 Å². The van der Waals surface area contributed by atoms with Crippen LogP contribution in [-0.2, 0) is 4.79 Å². The van der Waals surface area contributed by atoms with E-state index in [-0.39, 0.29) is 11.3 Å². The molecule has 2 atom stereocenters. The smallest absolute Gasteiger partial charge is 0.240 e. The Morgan fingerprint density at radius 2 is 2.42 bits per heavy atom. The highest BCUT2D eigenvalue weighted by Gasteiger charge is 2.26. The fourth-order valence-corrected chi connectivity index (χ4v) is 1.76. The second-order valence-corrected chi connectivity index (χ2v) is 4.12. The van der Waals surface area contributed by atoms with Crippen LogP contribution < -0.4 is 0 Å². The Bertz CT molecular complexity index is 170. The average molecular weight is 190 g/mol. The molecule has 0 aromatic heterocycles. The van der Waals surface area contributed by atoms with Gasteiger partial charge in [-0.3, -0.25) is 4.79 Å². The number of carbonyl (C=O) groups is 1. The molecule has 1 amide bonds. The molecule has 70 valence electrons. The summed E-state index contributed by atoms with van der Waals surface area (Å²) in [5.74, 6) is 0.789. The third-order valence-corrected chi connectivity index (χ3v) is 2.70. The van der Waals surface area contributed by atoms with Crippen molar-refractivity contribution in [2.75, 3.05) is 13.1 Å². The van der Waals surface area contributed by atoms with E-state index in [1.54, 1.807) is 6.92 Å². The quantitative estimate of drug-likeness (QED) is 0.608. The molecule has 3 heteroatoms. The molecule has 1 aliphatic rings. The Balaban J connectivity index is 2.41. The van der Waals surface area contributed by atoms with E-state index in [0.29, 0.717) is 5.92 Å². The molecular formula is C9H16ClNO.